The van der Waals surface area contributed by atoms with Crippen molar-refractivity contribution in [2.75, 3.05) is 19.5 Å². The molecule has 0 saturated heterocycles. The lowest BCUT2D eigenvalue weighted by Crippen LogP contribution is -2.22. The third-order valence-electron chi connectivity index (χ3n) is 3.69. The molecule has 1 aliphatic rings. The molecule has 2 heterocycles. The molecule has 0 unspecified atom stereocenters. The fourth-order valence-corrected chi connectivity index (χ4v) is 2.66. The maximum atomic E-state index is 9.53. The zero-order valence-corrected chi connectivity index (χ0v) is 13.0. The molecule has 0 aliphatic carbocycles. The molecule has 0 amide bonds. The van der Waals surface area contributed by atoms with Gasteiger partial charge in [-0.2, -0.15) is 5.26 Å². The number of fused-ring (bicyclic) bond motifs is 1. The minimum Gasteiger partial charge on any atom is -0.497 e. The molecule has 0 saturated carbocycles. The van der Waals surface area contributed by atoms with E-state index in [-0.39, 0.29) is 5.82 Å². The third kappa shape index (κ3) is 2.44. The van der Waals surface area contributed by atoms with Gasteiger partial charge in [0.2, 0.25) is 5.88 Å². The van der Waals surface area contributed by atoms with E-state index in [2.05, 4.69) is 16.4 Å². The van der Waals surface area contributed by atoms with Crippen LogP contribution in [0.5, 0.6) is 11.5 Å². The van der Waals surface area contributed by atoms with Gasteiger partial charge in [0.15, 0.2) is 5.89 Å². The van der Waals surface area contributed by atoms with E-state index in [0.717, 1.165) is 5.56 Å². The van der Waals surface area contributed by atoms with Crippen molar-refractivity contribution in [2.24, 2.45) is 5.73 Å². The average Bonchev–Trinajstić information content (AvgIpc) is 2.92. The van der Waals surface area contributed by atoms with Gasteiger partial charge in [0.05, 0.1) is 31.8 Å². The van der Waals surface area contributed by atoms with E-state index in [0.29, 0.717) is 34.5 Å². The third-order valence-corrected chi connectivity index (χ3v) is 3.69. The smallest absolute Gasteiger partial charge is 0.223 e. The van der Waals surface area contributed by atoms with Gasteiger partial charge in [0.1, 0.15) is 23.0 Å². The quantitative estimate of drug-likeness (QED) is 0.895. The Bertz CT molecular complexity index is 810. The number of rotatable bonds is 3. The van der Waals surface area contributed by atoms with Crippen LogP contribution in [0, 0.1) is 18.3 Å². The molecule has 1 aliphatic heterocycles. The van der Waals surface area contributed by atoms with Gasteiger partial charge in [-0.25, -0.2) is 4.98 Å². The maximum Gasteiger partial charge on any atom is 0.223 e. The van der Waals surface area contributed by atoms with Crippen LogP contribution < -0.4 is 20.5 Å². The summed E-state index contributed by atoms with van der Waals surface area (Å²) in [6.07, 6.45) is 0. The fraction of sp³-hybridized carbons (Fsp3) is 0.250. The van der Waals surface area contributed by atoms with Gasteiger partial charge < -0.3 is 24.9 Å². The number of allylic oxidation sites excluding steroid dienone is 1. The maximum absolute atomic E-state index is 9.53. The number of methoxy groups -OCH3 is 2. The lowest BCUT2D eigenvalue weighted by atomic mass is 9.86. The highest BCUT2D eigenvalue weighted by Crippen LogP contribution is 2.42. The van der Waals surface area contributed by atoms with Crippen molar-refractivity contribution >= 4 is 5.88 Å². The summed E-state index contributed by atoms with van der Waals surface area (Å²) in [6, 6.07) is 7.58. The minimum absolute atomic E-state index is 0.253. The number of nitrogens with one attached hydrogen (secondary N) is 1. The van der Waals surface area contributed by atoms with Gasteiger partial charge >= 0.3 is 0 Å². The second-order valence-corrected chi connectivity index (χ2v) is 5.09. The highest BCUT2D eigenvalue weighted by Gasteiger charge is 2.33. The normalized spacial score (nSPS) is 16.3. The predicted octanol–water partition coefficient (Wildman–Crippen LogP) is 2.25. The van der Waals surface area contributed by atoms with E-state index in [9.17, 15) is 5.26 Å². The van der Waals surface area contributed by atoms with E-state index in [4.69, 9.17) is 19.6 Å². The predicted molar refractivity (Wildman–Crippen MR) is 83.1 cm³/mol. The van der Waals surface area contributed by atoms with E-state index in [1.807, 2.05) is 12.1 Å². The fourth-order valence-electron chi connectivity index (χ4n) is 2.66. The highest BCUT2D eigenvalue weighted by molar-refractivity contribution is 5.62. The molecular formula is C16H16N4O3. The molecule has 3 N–H and O–H groups in total. The summed E-state index contributed by atoms with van der Waals surface area (Å²) in [6.45, 7) is 1.74. The number of anilines is 1. The second-order valence-electron chi connectivity index (χ2n) is 5.09. The Kier molecular flexibility index (Phi) is 3.58. The number of hydrogen-bond donors (Lipinski definition) is 2. The van der Waals surface area contributed by atoms with Crippen LogP contribution in [0.2, 0.25) is 0 Å². The van der Waals surface area contributed by atoms with Crippen LogP contribution in [0.3, 0.4) is 0 Å². The first kappa shape index (κ1) is 14.8. The number of oxazole rings is 1. The Labute approximate surface area is 133 Å². The number of hydrogen-bond acceptors (Lipinski definition) is 7. The van der Waals surface area contributed by atoms with Crippen molar-refractivity contribution in [3.63, 3.8) is 0 Å². The molecule has 1 atom stereocenters. The summed E-state index contributed by atoms with van der Waals surface area (Å²) in [5, 5.41) is 12.4. The van der Waals surface area contributed by atoms with E-state index in [1.54, 1.807) is 27.2 Å². The van der Waals surface area contributed by atoms with Crippen LogP contribution in [-0.2, 0) is 0 Å². The Balaban J connectivity index is 2.22. The Hall–Kier alpha value is -3.14. The van der Waals surface area contributed by atoms with Gasteiger partial charge in [-0.05, 0) is 17.7 Å². The zero-order valence-electron chi connectivity index (χ0n) is 13.0. The SMILES string of the molecule is COc1cc(OC)cc([C@@H]2C(C#N)=C(N)Nc3oc(C)nc32)c1. The summed E-state index contributed by atoms with van der Waals surface area (Å²) in [4.78, 5) is 4.40. The Morgan fingerprint density at radius 1 is 1.26 bits per heavy atom. The Morgan fingerprint density at radius 3 is 2.48 bits per heavy atom. The van der Waals surface area contributed by atoms with Crippen LogP contribution in [0.25, 0.3) is 0 Å². The number of ether oxygens (including phenoxy) is 2. The number of nitrogens with zero attached hydrogens (tertiary/aromatic N) is 2. The van der Waals surface area contributed by atoms with Crippen LogP contribution in [0.1, 0.15) is 23.1 Å². The minimum atomic E-state index is -0.447. The van der Waals surface area contributed by atoms with Crippen molar-refractivity contribution in [3.8, 4) is 17.6 Å². The number of nitrogens with two attached hydrogens (primary N) is 1. The molecule has 1 aromatic heterocycles. The van der Waals surface area contributed by atoms with Gasteiger partial charge in [-0.3, -0.25) is 0 Å². The summed E-state index contributed by atoms with van der Waals surface area (Å²) >= 11 is 0. The molecule has 7 heteroatoms. The first-order chi connectivity index (χ1) is 11.1. The summed E-state index contributed by atoms with van der Waals surface area (Å²) in [7, 11) is 3.14. The number of nitriles is 1. The first-order valence-electron chi connectivity index (χ1n) is 6.94. The van der Waals surface area contributed by atoms with Crippen molar-refractivity contribution in [3.05, 3.63) is 46.7 Å². The van der Waals surface area contributed by atoms with Gasteiger partial charge in [0.25, 0.3) is 0 Å². The molecule has 0 fully saturated rings. The molecule has 0 radical (unpaired) electrons. The van der Waals surface area contributed by atoms with Gasteiger partial charge in [-0.15, -0.1) is 0 Å². The van der Waals surface area contributed by atoms with Crippen molar-refractivity contribution in [2.45, 2.75) is 12.8 Å². The molecule has 3 rings (SSSR count). The van der Waals surface area contributed by atoms with Crippen molar-refractivity contribution in [1.29, 1.82) is 5.26 Å². The first-order valence-corrected chi connectivity index (χ1v) is 6.94. The number of benzene rings is 1. The monoisotopic (exact) mass is 312 g/mol. The van der Waals surface area contributed by atoms with Crippen LogP contribution in [0.15, 0.2) is 34.0 Å². The van der Waals surface area contributed by atoms with Gasteiger partial charge in [-0.1, -0.05) is 0 Å². The van der Waals surface area contributed by atoms with E-state index in [1.165, 1.54) is 0 Å². The molecule has 2 aromatic rings. The molecule has 23 heavy (non-hydrogen) atoms. The molecule has 7 nitrogen and oxygen atoms in total. The van der Waals surface area contributed by atoms with Gasteiger partial charge in [0, 0.05) is 13.0 Å². The largest absolute Gasteiger partial charge is 0.497 e. The molecule has 118 valence electrons. The molecular weight excluding hydrogens is 296 g/mol. The average molecular weight is 312 g/mol. The van der Waals surface area contributed by atoms with Crippen LogP contribution in [-0.4, -0.2) is 19.2 Å². The molecule has 1 aromatic carbocycles. The van der Waals surface area contributed by atoms with E-state index < -0.39 is 5.92 Å². The summed E-state index contributed by atoms with van der Waals surface area (Å²) in [5.41, 5.74) is 7.76. The lowest BCUT2D eigenvalue weighted by molar-refractivity contribution is 0.393. The topological polar surface area (TPSA) is 106 Å². The standard InChI is InChI=1S/C16H16N4O3/c1-8-19-14-13(12(7-17)15(18)20-16(14)23-8)9-4-10(21-2)6-11(5-9)22-3/h4-6,13,20H,18H2,1-3H3/t13-/m1/s1. The Morgan fingerprint density at radius 2 is 1.91 bits per heavy atom. The summed E-state index contributed by atoms with van der Waals surface area (Å²) < 4.78 is 16.1. The van der Waals surface area contributed by atoms with Crippen molar-refractivity contribution in [1.82, 2.24) is 4.98 Å². The number of aryl methyl sites for hydroxylation is 1. The number of aromatic nitrogens is 1. The van der Waals surface area contributed by atoms with Crippen LogP contribution >= 0.6 is 0 Å². The molecule has 0 bridgehead atoms. The van der Waals surface area contributed by atoms with E-state index >= 15 is 0 Å². The second kappa shape index (κ2) is 5.57. The lowest BCUT2D eigenvalue weighted by Gasteiger charge is -2.23. The van der Waals surface area contributed by atoms with Crippen molar-refractivity contribution < 1.29 is 13.9 Å². The van der Waals surface area contributed by atoms with Crippen LogP contribution in [0.4, 0.5) is 5.88 Å². The molecule has 0 spiro atoms. The summed E-state index contributed by atoms with van der Waals surface area (Å²) in [5.74, 6) is 1.99. The highest BCUT2D eigenvalue weighted by atomic mass is 16.5. The zero-order chi connectivity index (χ0) is 16.6.